The van der Waals surface area contributed by atoms with Gasteiger partial charge in [-0.2, -0.15) is 0 Å². The van der Waals surface area contributed by atoms with Crippen LogP contribution in [0.2, 0.25) is 0 Å². The van der Waals surface area contributed by atoms with Crippen molar-refractivity contribution in [3.05, 3.63) is 16.3 Å². The van der Waals surface area contributed by atoms with E-state index in [9.17, 15) is 17.8 Å². The Bertz CT molecular complexity index is 406. The normalized spacial score (nSPS) is 10.5. The first-order valence-electron chi connectivity index (χ1n) is 2.69. The largest absolute Gasteiger partial charge is 1.00 e. The Hall–Kier alpha value is 0.716. The standard InChI is InChI=1S/C5H4O5S2.K/c6-5(7)4-3(1-2-11-4)12(8,9)10;/h1-2H,(H,6,7)(H,8,9,10);/q;+1/p-1. The van der Waals surface area contributed by atoms with Crippen LogP contribution in [0.4, 0.5) is 0 Å². The van der Waals surface area contributed by atoms with E-state index in [2.05, 4.69) is 0 Å². The van der Waals surface area contributed by atoms with Crippen molar-refractivity contribution < 1.29 is 74.3 Å². The number of aromatic carboxylic acids is 1. The first-order valence-corrected chi connectivity index (χ1v) is 4.98. The Labute approximate surface area is 121 Å². The fourth-order valence-corrected chi connectivity index (χ4v) is 2.36. The van der Waals surface area contributed by atoms with Crippen molar-refractivity contribution in [3.63, 3.8) is 0 Å². The van der Waals surface area contributed by atoms with Crippen molar-refractivity contribution in [2.45, 2.75) is 4.90 Å². The third-order valence-electron chi connectivity index (χ3n) is 1.09. The fraction of sp³-hybridized carbons (Fsp3) is 0. The summed E-state index contributed by atoms with van der Waals surface area (Å²) in [5.74, 6) is -1.40. The van der Waals surface area contributed by atoms with Crippen molar-refractivity contribution in [2.75, 3.05) is 0 Å². The van der Waals surface area contributed by atoms with Gasteiger partial charge in [-0.25, -0.2) is 13.2 Å². The van der Waals surface area contributed by atoms with E-state index in [0.29, 0.717) is 11.3 Å². The number of hydrogen-bond donors (Lipinski definition) is 1. The summed E-state index contributed by atoms with van der Waals surface area (Å²) in [4.78, 5) is 9.23. The molecular formula is C5H3KO5S2. The second-order valence-electron chi connectivity index (χ2n) is 1.87. The average molecular weight is 246 g/mol. The average Bonchev–Trinajstić information content (AvgIpc) is 2.30. The van der Waals surface area contributed by atoms with Gasteiger partial charge in [0, 0.05) is 0 Å². The molecule has 0 aliphatic carbocycles. The van der Waals surface area contributed by atoms with Crippen molar-refractivity contribution >= 4 is 27.4 Å². The molecule has 13 heavy (non-hydrogen) atoms. The van der Waals surface area contributed by atoms with Gasteiger partial charge in [-0.3, -0.25) is 0 Å². The topological polar surface area (TPSA) is 94.5 Å². The molecule has 0 saturated heterocycles. The number of hydrogen-bond acceptors (Lipinski definition) is 5. The second-order valence-corrected chi connectivity index (χ2v) is 4.14. The molecule has 0 aromatic carbocycles. The van der Waals surface area contributed by atoms with Crippen LogP contribution < -0.4 is 51.4 Å². The molecule has 0 spiro atoms. The Morgan fingerprint density at radius 2 is 2.08 bits per heavy atom. The van der Waals surface area contributed by atoms with Gasteiger partial charge in [-0.05, 0) is 11.4 Å². The molecule has 1 heterocycles. The first-order chi connectivity index (χ1) is 5.43. The molecule has 1 rings (SSSR count). The zero-order valence-electron chi connectivity index (χ0n) is 6.55. The summed E-state index contributed by atoms with van der Waals surface area (Å²) in [6.07, 6.45) is 0. The molecule has 0 fully saturated rings. The van der Waals surface area contributed by atoms with E-state index < -0.39 is 25.9 Å². The molecule has 5 nitrogen and oxygen atoms in total. The zero-order valence-corrected chi connectivity index (χ0v) is 11.3. The van der Waals surface area contributed by atoms with Crippen LogP contribution in [0.5, 0.6) is 0 Å². The number of carboxylic acid groups (broad SMARTS) is 1. The van der Waals surface area contributed by atoms with Crippen molar-refractivity contribution in [3.8, 4) is 0 Å². The Balaban J connectivity index is 0.00000144. The Morgan fingerprint density at radius 3 is 2.38 bits per heavy atom. The smallest absolute Gasteiger partial charge is 0.744 e. The molecule has 0 aliphatic rings. The van der Waals surface area contributed by atoms with Crippen LogP contribution in [0.25, 0.3) is 0 Å². The predicted octanol–water partition coefficient (Wildman–Crippen LogP) is -2.65. The van der Waals surface area contributed by atoms with Crippen molar-refractivity contribution in [1.82, 2.24) is 0 Å². The number of carboxylic acids is 1. The van der Waals surface area contributed by atoms with Crippen LogP contribution in [-0.2, 0) is 10.1 Å². The van der Waals surface area contributed by atoms with Crippen LogP contribution in [0.1, 0.15) is 9.67 Å². The number of thiophene rings is 1. The number of carbonyl (C=O) groups is 1. The molecule has 66 valence electrons. The molecular weight excluding hydrogens is 243 g/mol. The third kappa shape index (κ3) is 3.40. The Morgan fingerprint density at radius 1 is 1.54 bits per heavy atom. The minimum atomic E-state index is -4.66. The van der Waals surface area contributed by atoms with Gasteiger partial charge in [0.25, 0.3) is 0 Å². The van der Waals surface area contributed by atoms with E-state index in [1.54, 1.807) is 0 Å². The van der Waals surface area contributed by atoms with E-state index in [4.69, 9.17) is 5.11 Å². The maximum atomic E-state index is 10.4. The van der Waals surface area contributed by atoms with Gasteiger partial charge in [0.1, 0.15) is 15.0 Å². The van der Waals surface area contributed by atoms with Crippen LogP contribution in [0.15, 0.2) is 16.3 Å². The van der Waals surface area contributed by atoms with Gasteiger partial charge in [-0.1, -0.05) is 0 Å². The maximum absolute atomic E-state index is 10.4. The first kappa shape index (κ1) is 13.7. The van der Waals surface area contributed by atoms with Gasteiger partial charge in [0.05, 0.1) is 4.90 Å². The van der Waals surface area contributed by atoms with Gasteiger partial charge in [-0.15, -0.1) is 11.3 Å². The van der Waals surface area contributed by atoms with Crippen molar-refractivity contribution in [1.29, 1.82) is 0 Å². The van der Waals surface area contributed by atoms with Crippen LogP contribution in [-0.4, -0.2) is 24.0 Å². The van der Waals surface area contributed by atoms with Gasteiger partial charge in [0.15, 0.2) is 0 Å². The summed E-state index contributed by atoms with van der Waals surface area (Å²) in [7, 11) is -4.66. The van der Waals surface area contributed by atoms with Crippen LogP contribution in [0.3, 0.4) is 0 Å². The van der Waals surface area contributed by atoms with E-state index in [-0.39, 0.29) is 51.4 Å². The minimum Gasteiger partial charge on any atom is -0.744 e. The minimum absolute atomic E-state index is 0. The second kappa shape index (κ2) is 4.98. The summed E-state index contributed by atoms with van der Waals surface area (Å²) < 4.78 is 31.2. The van der Waals surface area contributed by atoms with Gasteiger partial charge in [0.2, 0.25) is 0 Å². The maximum Gasteiger partial charge on any atom is 1.00 e. The van der Waals surface area contributed by atoms with E-state index in [0.717, 1.165) is 6.07 Å². The van der Waals surface area contributed by atoms with E-state index in [1.165, 1.54) is 5.38 Å². The SMILES string of the molecule is O=C(O)c1sccc1S(=O)(=O)[O-].[K+]. The van der Waals surface area contributed by atoms with E-state index in [1.807, 2.05) is 0 Å². The molecule has 0 aliphatic heterocycles. The zero-order chi connectivity index (χ0) is 9.35. The van der Waals surface area contributed by atoms with E-state index >= 15 is 0 Å². The summed E-state index contributed by atoms with van der Waals surface area (Å²) in [5, 5.41) is 9.67. The summed E-state index contributed by atoms with van der Waals surface area (Å²) in [6.45, 7) is 0. The molecule has 1 aromatic rings. The third-order valence-corrected chi connectivity index (χ3v) is 3.00. The predicted molar refractivity (Wildman–Crippen MR) is 39.2 cm³/mol. The van der Waals surface area contributed by atoms with Gasteiger partial charge >= 0.3 is 57.4 Å². The van der Waals surface area contributed by atoms with Crippen LogP contribution in [0, 0.1) is 0 Å². The molecule has 1 N–H and O–H groups in total. The summed E-state index contributed by atoms with van der Waals surface area (Å²) in [6, 6.07) is 0.983. The molecule has 0 unspecified atom stereocenters. The summed E-state index contributed by atoms with van der Waals surface area (Å²) in [5.41, 5.74) is 0. The molecule has 0 bridgehead atoms. The summed E-state index contributed by atoms with van der Waals surface area (Å²) >= 11 is 0.706. The molecule has 8 heteroatoms. The quantitative estimate of drug-likeness (QED) is 0.454. The molecule has 0 amide bonds. The number of rotatable bonds is 2. The van der Waals surface area contributed by atoms with Gasteiger partial charge < -0.3 is 9.66 Å². The fourth-order valence-electron chi connectivity index (χ4n) is 0.650. The molecule has 0 radical (unpaired) electrons. The van der Waals surface area contributed by atoms with Crippen LogP contribution >= 0.6 is 11.3 Å². The molecule has 0 saturated carbocycles. The molecule has 0 atom stereocenters. The monoisotopic (exact) mass is 246 g/mol. The van der Waals surface area contributed by atoms with Crippen molar-refractivity contribution in [2.24, 2.45) is 0 Å². The Kier molecular flexibility index (Phi) is 5.26. The molecule has 1 aromatic heterocycles.